The van der Waals surface area contributed by atoms with E-state index in [-0.39, 0.29) is 18.4 Å². The molecule has 4 aromatic carbocycles. The number of ether oxygens (including phenoxy) is 4. The highest BCUT2D eigenvalue weighted by molar-refractivity contribution is 6.01. The Balaban J connectivity index is 1.33. The lowest BCUT2D eigenvalue weighted by atomic mass is 10.00. The monoisotopic (exact) mass is 581 g/mol. The van der Waals surface area contributed by atoms with Gasteiger partial charge >= 0.3 is 6.09 Å². The number of nitrogen functional groups attached to an aromatic ring is 1. The van der Waals surface area contributed by atoms with Crippen LogP contribution in [0.15, 0.2) is 109 Å². The first-order valence-corrected chi connectivity index (χ1v) is 13.6. The Morgan fingerprint density at radius 3 is 2.44 bits per heavy atom. The maximum absolute atomic E-state index is 13.2. The van der Waals surface area contributed by atoms with Crippen molar-refractivity contribution in [1.29, 1.82) is 0 Å². The first-order valence-electron chi connectivity index (χ1n) is 13.6. The van der Waals surface area contributed by atoms with Crippen molar-refractivity contribution in [2.24, 2.45) is 0 Å². The molecular weight excluding hydrogens is 550 g/mol. The van der Waals surface area contributed by atoms with E-state index in [1.54, 1.807) is 72.8 Å². The van der Waals surface area contributed by atoms with Crippen molar-refractivity contribution in [3.8, 4) is 23.0 Å². The van der Waals surface area contributed by atoms with Gasteiger partial charge in [-0.1, -0.05) is 48.5 Å². The second-order valence-electron chi connectivity index (χ2n) is 9.64. The fourth-order valence-electron chi connectivity index (χ4n) is 4.44. The van der Waals surface area contributed by atoms with Crippen LogP contribution in [0.3, 0.4) is 0 Å². The van der Waals surface area contributed by atoms with E-state index >= 15 is 0 Å². The van der Waals surface area contributed by atoms with Crippen molar-refractivity contribution in [2.45, 2.75) is 25.0 Å². The van der Waals surface area contributed by atoms with Crippen molar-refractivity contribution in [3.63, 3.8) is 0 Å². The highest BCUT2D eigenvalue weighted by atomic mass is 16.7. The highest BCUT2D eigenvalue weighted by Crippen LogP contribution is 2.35. The van der Waals surface area contributed by atoms with Gasteiger partial charge in [-0.3, -0.25) is 10.1 Å². The van der Waals surface area contributed by atoms with Crippen molar-refractivity contribution in [3.05, 3.63) is 115 Å². The summed E-state index contributed by atoms with van der Waals surface area (Å²) in [6.07, 6.45) is 1.71. The molecule has 4 aromatic rings. The van der Waals surface area contributed by atoms with E-state index in [1.165, 1.54) is 18.2 Å². The van der Waals surface area contributed by atoms with Crippen LogP contribution in [-0.4, -0.2) is 30.0 Å². The Kier molecular flexibility index (Phi) is 9.28. The number of aromatic hydroxyl groups is 1. The summed E-state index contributed by atoms with van der Waals surface area (Å²) in [4.78, 5) is 25.6. The summed E-state index contributed by atoms with van der Waals surface area (Å²) in [6.45, 7) is 0.112. The molecule has 0 unspecified atom stereocenters. The summed E-state index contributed by atoms with van der Waals surface area (Å²) in [7, 11) is 0. The van der Waals surface area contributed by atoms with Crippen LogP contribution < -0.4 is 30.6 Å². The topological polar surface area (TPSA) is 141 Å². The third-order valence-corrected chi connectivity index (χ3v) is 6.55. The molecule has 2 amide bonds. The van der Waals surface area contributed by atoms with E-state index in [4.69, 9.17) is 24.7 Å². The minimum absolute atomic E-state index is 0.0702. The van der Waals surface area contributed by atoms with E-state index in [0.717, 1.165) is 0 Å². The zero-order chi connectivity index (χ0) is 30.0. The number of carbonyl (C=O) groups is 2. The fraction of sp³-hybridized carbons (Fsp3) is 0.152. The Morgan fingerprint density at radius 2 is 1.65 bits per heavy atom. The molecule has 0 bridgehead atoms. The second kappa shape index (κ2) is 13.8. The molecule has 10 nitrogen and oxygen atoms in total. The number of nitrogens with two attached hydrogens (primary N) is 1. The molecule has 5 N–H and O–H groups in total. The third kappa shape index (κ3) is 7.98. The lowest BCUT2D eigenvalue weighted by Gasteiger charge is -2.28. The van der Waals surface area contributed by atoms with E-state index < -0.39 is 18.3 Å². The fourth-order valence-corrected chi connectivity index (χ4v) is 4.44. The van der Waals surface area contributed by atoms with Gasteiger partial charge in [-0.25, -0.2) is 4.79 Å². The summed E-state index contributed by atoms with van der Waals surface area (Å²) >= 11 is 0. The van der Waals surface area contributed by atoms with Gasteiger partial charge in [-0.15, -0.1) is 0 Å². The predicted octanol–water partition coefficient (Wildman–Crippen LogP) is 6.42. The summed E-state index contributed by atoms with van der Waals surface area (Å²) in [5, 5.41) is 15.4. The summed E-state index contributed by atoms with van der Waals surface area (Å²) in [5.74, 6) is 1.43. The minimum Gasteiger partial charge on any atom is -0.508 e. The van der Waals surface area contributed by atoms with E-state index in [1.807, 2.05) is 18.2 Å². The van der Waals surface area contributed by atoms with Gasteiger partial charge in [0.15, 0.2) is 17.6 Å². The van der Waals surface area contributed by atoms with E-state index in [2.05, 4.69) is 10.6 Å². The molecule has 5 rings (SSSR count). The molecule has 1 aliphatic heterocycles. The van der Waals surface area contributed by atoms with Crippen LogP contribution in [0.25, 0.3) is 0 Å². The number of carbonyl (C=O) groups excluding carboxylic acids is 2. The largest absolute Gasteiger partial charge is 0.508 e. The number of benzene rings is 4. The Bertz CT molecular complexity index is 1580. The smallest absolute Gasteiger partial charge is 0.412 e. The van der Waals surface area contributed by atoms with Crippen molar-refractivity contribution >= 4 is 29.1 Å². The summed E-state index contributed by atoms with van der Waals surface area (Å²) in [5.41, 5.74) is 7.99. The zero-order valence-corrected chi connectivity index (χ0v) is 23.1. The number of amides is 2. The molecule has 1 heterocycles. The SMILES string of the molecule is Nc1ccccc1NC(=O)/C=C/CC[C@H](Oc1ccccc1)[C@@H](OC(=O)Nc1ccc2c(c1)OCO2)c1ccc(O)cc1. The number of phenolic OH excluding ortho intramolecular Hbond substituents is 1. The summed E-state index contributed by atoms with van der Waals surface area (Å²) < 4.78 is 23.0. The van der Waals surface area contributed by atoms with Crippen LogP contribution in [0.4, 0.5) is 21.9 Å². The Labute approximate surface area is 248 Å². The van der Waals surface area contributed by atoms with Crippen LogP contribution >= 0.6 is 0 Å². The molecule has 0 fully saturated rings. The van der Waals surface area contributed by atoms with Crippen LogP contribution in [-0.2, 0) is 9.53 Å². The zero-order valence-electron chi connectivity index (χ0n) is 23.1. The van der Waals surface area contributed by atoms with Crippen LogP contribution in [0.5, 0.6) is 23.0 Å². The Morgan fingerprint density at radius 1 is 0.907 bits per heavy atom. The van der Waals surface area contributed by atoms with Gasteiger partial charge < -0.3 is 35.1 Å². The molecule has 0 aliphatic carbocycles. The lowest BCUT2D eigenvalue weighted by molar-refractivity contribution is -0.111. The number of allylic oxidation sites excluding steroid dienone is 1. The quantitative estimate of drug-likeness (QED) is 0.118. The highest BCUT2D eigenvalue weighted by Gasteiger charge is 2.29. The number of para-hydroxylation sites is 3. The summed E-state index contributed by atoms with van der Waals surface area (Å²) in [6, 6.07) is 27.6. The van der Waals surface area contributed by atoms with Crippen LogP contribution in [0, 0.1) is 0 Å². The van der Waals surface area contributed by atoms with Gasteiger partial charge in [-0.05, 0) is 73.0 Å². The number of nitrogens with one attached hydrogen (secondary N) is 2. The molecule has 43 heavy (non-hydrogen) atoms. The van der Waals surface area contributed by atoms with Crippen molar-refractivity contribution in [2.75, 3.05) is 23.2 Å². The number of hydrogen-bond donors (Lipinski definition) is 4. The molecule has 220 valence electrons. The molecule has 0 spiro atoms. The van der Waals surface area contributed by atoms with Gasteiger partial charge in [-0.2, -0.15) is 0 Å². The normalized spacial score (nSPS) is 13.2. The van der Waals surface area contributed by atoms with Gasteiger partial charge in [0.2, 0.25) is 12.7 Å². The standard InChI is InChI=1S/C33H31N3O7/c34-26-10-4-5-11-27(26)36-31(38)13-7-6-12-29(42-25-8-2-1-3-9-25)32(22-14-17-24(37)18-15-22)43-33(39)35-23-16-19-28-30(20-23)41-21-40-28/h1-5,7-11,13-20,29,32,37H,6,12,21,34H2,(H,35,39)(H,36,38)/b13-7+/t29-,32-/m0/s1. The van der Waals surface area contributed by atoms with Crippen LogP contribution in [0.2, 0.25) is 0 Å². The van der Waals surface area contributed by atoms with Gasteiger partial charge in [0, 0.05) is 11.8 Å². The van der Waals surface area contributed by atoms with Crippen LogP contribution in [0.1, 0.15) is 24.5 Å². The van der Waals surface area contributed by atoms with Gasteiger partial charge in [0.1, 0.15) is 17.6 Å². The average Bonchev–Trinajstić information content (AvgIpc) is 3.48. The molecule has 0 saturated heterocycles. The first kappa shape index (κ1) is 28.9. The second-order valence-corrected chi connectivity index (χ2v) is 9.64. The lowest BCUT2D eigenvalue weighted by Crippen LogP contribution is -2.31. The molecule has 0 radical (unpaired) electrons. The van der Waals surface area contributed by atoms with Gasteiger partial charge in [0.05, 0.1) is 11.4 Å². The van der Waals surface area contributed by atoms with Crippen molar-refractivity contribution in [1.82, 2.24) is 0 Å². The molecule has 1 aliphatic rings. The Hall–Kier alpha value is -5.64. The first-order chi connectivity index (χ1) is 20.9. The minimum atomic E-state index is -0.874. The average molecular weight is 582 g/mol. The predicted molar refractivity (Wildman–Crippen MR) is 162 cm³/mol. The number of hydrogen-bond acceptors (Lipinski definition) is 8. The number of rotatable bonds is 11. The maximum atomic E-state index is 13.2. The molecule has 2 atom stereocenters. The van der Waals surface area contributed by atoms with Crippen molar-refractivity contribution < 1.29 is 33.6 Å². The van der Waals surface area contributed by atoms with Gasteiger partial charge in [0.25, 0.3) is 0 Å². The number of phenols is 1. The molecule has 0 saturated carbocycles. The molecule has 10 heteroatoms. The number of anilines is 3. The molecule has 0 aromatic heterocycles. The maximum Gasteiger partial charge on any atom is 0.412 e. The van der Waals surface area contributed by atoms with E-state index in [9.17, 15) is 14.7 Å². The van der Waals surface area contributed by atoms with E-state index in [0.29, 0.717) is 52.7 Å². The number of fused-ring (bicyclic) bond motifs is 1. The molecular formula is C33H31N3O7. The third-order valence-electron chi connectivity index (χ3n) is 6.55.